The van der Waals surface area contributed by atoms with Crippen molar-refractivity contribution in [3.05, 3.63) is 89.7 Å². The summed E-state index contributed by atoms with van der Waals surface area (Å²) in [4.78, 5) is 26.5. The van der Waals surface area contributed by atoms with E-state index in [9.17, 15) is 22.4 Å². The topological polar surface area (TPSA) is 131 Å². The van der Waals surface area contributed by atoms with Gasteiger partial charge in [0, 0.05) is 42.4 Å². The van der Waals surface area contributed by atoms with Gasteiger partial charge in [0.05, 0.1) is 18.0 Å². The smallest absolute Gasteiger partial charge is 0.251 e. The van der Waals surface area contributed by atoms with Gasteiger partial charge in [0.25, 0.3) is 5.91 Å². The van der Waals surface area contributed by atoms with E-state index < -0.39 is 39.7 Å². The number of rotatable bonds is 13. The van der Waals surface area contributed by atoms with Crippen molar-refractivity contribution in [1.82, 2.24) is 5.32 Å². The van der Waals surface area contributed by atoms with Gasteiger partial charge in [-0.05, 0) is 68.7 Å². The van der Waals surface area contributed by atoms with Gasteiger partial charge in [0.1, 0.15) is 11.6 Å². The molecule has 0 heterocycles. The molecule has 0 saturated heterocycles. The predicted octanol–water partition coefficient (Wildman–Crippen LogP) is 4.34. The molecule has 0 spiro atoms. The molecular weight excluding hydrogens is 559 g/mol. The maximum Gasteiger partial charge on any atom is 0.251 e. The summed E-state index contributed by atoms with van der Waals surface area (Å²) in [6.07, 6.45) is 1.52. The highest BCUT2D eigenvalue weighted by Gasteiger charge is 2.26. The normalized spacial score (nSPS) is 13.6. The lowest BCUT2D eigenvalue weighted by Gasteiger charge is -2.28. The van der Waals surface area contributed by atoms with Crippen molar-refractivity contribution in [3.8, 4) is 5.75 Å². The first-order chi connectivity index (χ1) is 19.7. The van der Waals surface area contributed by atoms with Crippen LogP contribution in [-0.2, 0) is 21.2 Å². The van der Waals surface area contributed by atoms with Crippen molar-refractivity contribution in [2.24, 2.45) is 11.7 Å². The molecule has 0 aliphatic carbocycles. The Hall–Kier alpha value is -3.96. The highest BCUT2D eigenvalue weighted by molar-refractivity contribution is 7.92. The molecule has 11 heteroatoms. The predicted molar refractivity (Wildman–Crippen MR) is 164 cm³/mol. The van der Waals surface area contributed by atoms with Gasteiger partial charge in [-0.25, -0.2) is 12.8 Å². The molecule has 0 radical (unpaired) electrons. The summed E-state index contributed by atoms with van der Waals surface area (Å²) in [6.45, 7) is 5.39. The molecule has 2 amide bonds. The first-order valence-corrected chi connectivity index (χ1v) is 15.5. The van der Waals surface area contributed by atoms with Crippen LogP contribution in [0, 0.1) is 11.7 Å². The number of benzene rings is 3. The number of anilines is 2. The summed E-state index contributed by atoms with van der Waals surface area (Å²) in [5.41, 5.74) is 8.50. The largest absolute Gasteiger partial charge is 0.491 e. The summed E-state index contributed by atoms with van der Waals surface area (Å²) in [5.74, 6) is -1.32. The van der Waals surface area contributed by atoms with E-state index in [-0.39, 0.29) is 29.7 Å². The molecule has 3 aromatic rings. The molecule has 3 aromatic carbocycles. The summed E-state index contributed by atoms with van der Waals surface area (Å²) < 4.78 is 44.6. The maximum atomic E-state index is 13.6. The van der Waals surface area contributed by atoms with Crippen LogP contribution in [-0.4, -0.2) is 51.7 Å². The van der Waals surface area contributed by atoms with Crippen LogP contribution >= 0.6 is 0 Å². The Bertz CT molecular complexity index is 1470. The first kappa shape index (κ1) is 32.6. The van der Waals surface area contributed by atoms with Gasteiger partial charge in [-0.2, -0.15) is 0 Å². The zero-order chi connectivity index (χ0) is 31.0. The molecule has 226 valence electrons. The van der Waals surface area contributed by atoms with Gasteiger partial charge in [-0.1, -0.05) is 37.3 Å². The molecule has 4 N–H and O–H groups in total. The lowest BCUT2D eigenvalue weighted by Crippen LogP contribution is -2.50. The molecule has 42 heavy (non-hydrogen) atoms. The molecule has 0 aliphatic rings. The average molecular weight is 599 g/mol. The molecule has 0 unspecified atom stereocenters. The standard InChI is InChI=1S/C31H39FN4O5S/c1-20(2)41-27-18-23(17-26(19-27)36(4)42(5,39)40)31(38)35-29(16-22-9-7-6-8-10-22)28(33)15-21(3)30(37)34-25-13-11-24(32)12-14-25/h6-14,17-21,28-29H,15-16,33H2,1-5H3,(H,34,37)(H,35,38)/t21-,28+,29+/m1/s1. The van der Waals surface area contributed by atoms with Crippen molar-refractivity contribution in [2.45, 2.75) is 51.8 Å². The fourth-order valence-corrected chi connectivity index (χ4v) is 4.82. The monoisotopic (exact) mass is 598 g/mol. The Kier molecular flexibility index (Phi) is 11.1. The highest BCUT2D eigenvalue weighted by atomic mass is 32.2. The van der Waals surface area contributed by atoms with Gasteiger partial charge in [-0.15, -0.1) is 0 Å². The second-order valence-electron chi connectivity index (χ2n) is 10.7. The SMILES string of the molecule is CC(C)Oc1cc(C(=O)N[C@@H](Cc2ccccc2)[C@@H](N)C[C@@H](C)C(=O)Nc2ccc(F)cc2)cc(N(C)S(C)(=O)=O)c1. The fourth-order valence-electron chi connectivity index (χ4n) is 4.34. The number of sulfonamides is 1. The zero-order valence-corrected chi connectivity index (χ0v) is 25.3. The summed E-state index contributed by atoms with van der Waals surface area (Å²) in [5, 5.41) is 5.77. The number of nitrogens with two attached hydrogens (primary N) is 1. The van der Waals surface area contributed by atoms with E-state index in [4.69, 9.17) is 10.5 Å². The van der Waals surface area contributed by atoms with E-state index in [1.807, 2.05) is 44.2 Å². The van der Waals surface area contributed by atoms with Crippen LogP contribution in [0.25, 0.3) is 0 Å². The van der Waals surface area contributed by atoms with E-state index >= 15 is 0 Å². The van der Waals surface area contributed by atoms with Gasteiger partial charge >= 0.3 is 0 Å². The van der Waals surface area contributed by atoms with Crippen LogP contribution in [0.2, 0.25) is 0 Å². The third-order valence-electron chi connectivity index (χ3n) is 6.70. The van der Waals surface area contributed by atoms with Crippen LogP contribution < -0.4 is 25.4 Å². The van der Waals surface area contributed by atoms with Gasteiger partial charge in [0.2, 0.25) is 15.9 Å². The van der Waals surface area contributed by atoms with Gasteiger partial charge in [-0.3, -0.25) is 13.9 Å². The molecule has 0 aromatic heterocycles. The minimum absolute atomic E-state index is 0.200. The van der Waals surface area contributed by atoms with Crippen molar-refractivity contribution in [1.29, 1.82) is 0 Å². The van der Waals surface area contributed by atoms with Crippen LogP contribution in [0.3, 0.4) is 0 Å². The average Bonchev–Trinajstić information content (AvgIpc) is 2.92. The van der Waals surface area contributed by atoms with Crippen molar-refractivity contribution in [3.63, 3.8) is 0 Å². The van der Waals surface area contributed by atoms with Gasteiger partial charge < -0.3 is 21.1 Å². The van der Waals surface area contributed by atoms with E-state index in [0.717, 1.165) is 16.1 Å². The fraction of sp³-hybridized carbons (Fsp3) is 0.355. The van der Waals surface area contributed by atoms with E-state index in [1.54, 1.807) is 19.1 Å². The number of ether oxygens (including phenoxy) is 1. The van der Waals surface area contributed by atoms with E-state index in [1.165, 1.54) is 37.4 Å². The Labute approximate surface area is 247 Å². The summed E-state index contributed by atoms with van der Waals surface area (Å²) in [7, 11) is -2.20. The third kappa shape index (κ3) is 9.56. The lowest BCUT2D eigenvalue weighted by atomic mass is 9.92. The molecule has 0 saturated carbocycles. The minimum atomic E-state index is -3.60. The number of amides is 2. The van der Waals surface area contributed by atoms with Gasteiger partial charge in [0.15, 0.2) is 0 Å². The number of carbonyl (C=O) groups excluding carboxylic acids is 2. The van der Waals surface area contributed by atoms with Crippen LogP contribution in [0.4, 0.5) is 15.8 Å². The highest BCUT2D eigenvalue weighted by Crippen LogP contribution is 2.26. The summed E-state index contributed by atoms with van der Waals surface area (Å²) in [6, 6.07) is 18.4. The molecule has 3 atom stereocenters. The Morgan fingerprint density at radius 3 is 2.24 bits per heavy atom. The Morgan fingerprint density at radius 1 is 1.00 bits per heavy atom. The quantitative estimate of drug-likeness (QED) is 0.268. The Morgan fingerprint density at radius 2 is 1.64 bits per heavy atom. The second-order valence-corrected chi connectivity index (χ2v) is 12.7. The molecule has 0 fully saturated rings. The third-order valence-corrected chi connectivity index (χ3v) is 7.91. The molecule has 9 nitrogen and oxygen atoms in total. The number of halogens is 1. The van der Waals surface area contributed by atoms with Crippen LogP contribution in [0.5, 0.6) is 5.75 Å². The molecular formula is C31H39FN4O5S. The van der Waals surface area contributed by atoms with E-state index in [0.29, 0.717) is 17.9 Å². The van der Waals surface area contributed by atoms with Crippen molar-refractivity contribution in [2.75, 3.05) is 22.9 Å². The molecule has 0 bridgehead atoms. The number of hydrogen-bond acceptors (Lipinski definition) is 6. The second kappa shape index (κ2) is 14.3. The maximum absolute atomic E-state index is 13.6. The zero-order valence-electron chi connectivity index (χ0n) is 24.5. The Balaban J connectivity index is 1.84. The molecule has 0 aliphatic heterocycles. The molecule has 3 rings (SSSR count). The van der Waals surface area contributed by atoms with E-state index in [2.05, 4.69) is 10.6 Å². The minimum Gasteiger partial charge on any atom is -0.491 e. The van der Waals surface area contributed by atoms with Crippen molar-refractivity contribution < 1.29 is 27.1 Å². The van der Waals surface area contributed by atoms with Crippen LogP contribution in [0.15, 0.2) is 72.8 Å². The van der Waals surface area contributed by atoms with Crippen LogP contribution in [0.1, 0.15) is 43.1 Å². The summed E-state index contributed by atoms with van der Waals surface area (Å²) >= 11 is 0. The lowest BCUT2D eigenvalue weighted by molar-refractivity contribution is -0.119. The number of hydrogen-bond donors (Lipinski definition) is 3. The first-order valence-electron chi connectivity index (χ1n) is 13.7. The number of nitrogens with one attached hydrogen (secondary N) is 2. The number of carbonyl (C=O) groups is 2. The van der Waals surface area contributed by atoms with Crippen molar-refractivity contribution >= 4 is 33.2 Å². The number of nitrogens with zero attached hydrogens (tertiary/aromatic N) is 1.